The van der Waals surface area contributed by atoms with E-state index < -0.39 is 5.97 Å². The molecule has 0 aromatic heterocycles. The first-order chi connectivity index (χ1) is 9.88. The van der Waals surface area contributed by atoms with E-state index in [2.05, 4.69) is 26.2 Å². The number of nitrogens with two attached hydrogens (primary N) is 2. The van der Waals surface area contributed by atoms with Crippen molar-refractivity contribution in [3.63, 3.8) is 0 Å². The number of anilines is 2. The first-order valence-corrected chi connectivity index (χ1v) is 6.69. The normalized spacial score (nSPS) is 10.0. The Morgan fingerprint density at radius 3 is 2.38 bits per heavy atom. The van der Waals surface area contributed by atoms with Crippen LogP contribution in [0.15, 0.2) is 57.2 Å². The number of halogens is 1. The van der Waals surface area contributed by atoms with Gasteiger partial charge in [-0.2, -0.15) is 5.11 Å². The highest BCUT2D eigenvalue weighted by molar-refractivity contribution is 9.10. The quantitative estimate of drug-likeness (QED) is 0.558. The summed E-state index contributed by atoms with van der Waals surface area (Å²) in [5, 5.41) is 15.6. The molecule has 0 heterocycles. The molecule has 0 radical (unpaired) electrons. The molecule has 0 saturated carbocycles. The zero-order chi connectivity index (χ0) is 15.8. The summed E-state index contributed by atoms with van der Waals surface area (Å²) in [5.41, 5.74) is 13.9. The number of nitrogen functional groups attached to an aromatic ring is 2. The van der Waals surface area contributed by atoms with E-state index in [-0.39, 0.29) is 0 Å². The van der Waals surface area contributed by atoms with Gasteiger partial charge < -0.3 is 16.6 Å². The van der Waals surface area contributed by atoms with E-state index in [1.54, 1.807) is 18.2 Å². The molecule has 21 heavy (non-hydrogen) atoms. The van der Waals surface area contributed by atoms with Crippen LogP contribution in [0.2, 0.25) is 0 Å². The number of carboxylic acids is 1. The van der Waals surface area contributed by atoms with Gasteiger partial charge >= 0.3 is 0 Å². The van der Waals surface area contributed by atoms with Crippen LogP contribution in [0.3, 0.4) is 0 Å². The van der Waals surface area contributed by atoms with Gasteiger partial charge in [0, 0.05) is 17.1 Å². The number of hydrogen-bond donors (Lipinski definition) is 3. The Labute approximate surface area is 130 Å². The van der Waals surface area contributed by atoms with Crippen LogP contribution in [0.4, 0.5) is 22.7 Å². The Morgan fingerprint density at radius 2 is 1.81 bits per heavy atom. The van der Waals surface area contributed by atoms with E-state index in [1.807, 2.05) is 24.3 Å². The van der Waals surface area contributed by atoms with E-state index in [0.29, 0.717) is 17.1 Å². The number of nitrogens with zero attached hydrogens (tertiary/aromatic N) is 2. The van der Waals surface area contributed by atoms with Crippen LogP contribution in [0.25, 0.3) is 0 Å². The van der Waals surface area contributed by atoms with Gasteiger partial charge in [0.1, 0.15) is 5.69 Å². The minimum atomic E-state index is -0.833. The monoisotopic (exact) mass is 350 g/mol. The van der Waals surface area contributed by atoms with Gasteiger partial charge in [-0.1, -0.05) is 22.0 Å². The molecular weight excluding hydrogens is 336 g/mol. The summed E-state index contributed by atoms with van der Waals surface area (Å²) < 4.78 is 0.958. The van der Waals surface area contributed by atoms with Gasteiger partial charge in [-0.15, -0.1) is 5.11 Å². The lowest BCUT2D eigenvalue weighted by Gasteiger charge is -2.00. The third-order valence-corrected chi connectivity index (χ3v) is 2.63. The van der Waals surface area contributed by atoms with Gasteiger partial charge in [0.05, 0.1) is 11.4 Å². The van der Waals surface area contributed by atoms with E-state index in [9.17, 15) is 0 Å². The minimum absolute atomic E-state index is 0.517. The van der Waals surface area contributed by atoms with Crippen LogP contribution in [0.5, 0.6) is 0 Å². The van der Waals surface area contributed by atoms with E-state index >= 15 is 0 Å². The molecule has 0 spiro atoms. The zero-order valence-electron chi connectivity index (χ0n) is 11.3. The molecule has 0 saturated heterocycles. The van der Waals surface area contributed by atoms with Crippen molar-refractivity contribution in [1.82, 2.24) is 0 Å². The van der Waals surface area contributed by atoms with Crippen molar-refractivity contribution in [1.29, 1.82) is 0 Å². The second kappa shape index (κ2) is 8.01. The van der Waals surface area contributed by atoms with Crippen molar-refractivity contribution in [3.8, 4) is 0 Å². The molecule has 2 rings (SSSR count). The molecule has 0 fully saturated rings. The van der Waals surface area contributed by atoms with Gasteiger partial charge in [-0.3, -0.25) is 4.79 Å². The Bertz CT molecular complexity index is 655. The third kappa shape index (κ3) is 6.53. The van der Waals surface area contributed by atoms with E-state index in [4.69, 9.17) is 21.4 Å². The molecule has 2 aromatic carbocycles. The molecule has 0 unspecified atom stereocenters. The molecule has 0 amide bonds. The lowest BCUT2D eigenvalue weighted by Crippen LogP contribution is -1.89. The molecule has 0 bridgehead atoms. The largest absolute Gasteiger partial charge is 0.481 e. The smallest absolute Gasteiger partial charge is 0.300 e. The number of aliphatic carboxylic acids is 1. The van der Waals surface area contributed by atoms with Gasteiger partial charge in [-0.05, 0) is 36.4 Å². The molecule has 6 nitrogen and oxygen atoms in total. The summed E-state index contributed by atoms with van der Waals surface area (Å²) >= 11 is 3.37. The summed E-state index contributed by atoms with van der Waals surface area (Å²) in [7, 11) is 0. The molecule has 5 N–H and O–H groups in total. The number of rotatable bonds is 2. The average Bonchev–Trinajstić information content (AvgIpc) is 2.37. The van der Waals surface area contributed by atoms with Gasteiger partial charge in [0.15, 0.2) is 0 Å². The summed E-state index contributed by atoms with van der Waals surface area (Å²) in [6.45, 7) is 1.08. The Morgan fingerprint density at radius 1 is 1.14 bits per heavy atom. The summed E-state index contributed by atoms with van der Waals surface area (Å²) in [5.74, 6) is -0.833. The first-order valence-electron chi connectivity index (χ1n) is 5.90. The van der Waals surface area contributed by atoms with Crippen molar-refractivity contribution >= 4 is 44.6 Å². The van der Waals surface area contributed by atoms with Gasteiger partial charge in [0.25, 0.3) is 5.97 Å². The lowest BCUT2D eigenvalue weighted by molar-refractivity contribution is -0.134. The Balaban J connectivity index is 0.000000491. The van der Waals surface area contributed by atoms with Gasteiger partial charge in [-0.25, -0.2) is 0 Å². The molecule has 7 heteroatoms. The van der Waals surface area contributed by atoms with Gasteiger partial charge in [0.2, 0.25) is 0 Å². The second-order valence-corrected chi connectivity index (χ2v) is 4.93. The summed E-state index contributed by atoms with van der Waals surface area (Å²) in [6, 6.07) is 12.7. The fraction of sp³-hybridized carbons (Fsp3) is 0.0714. The van der Waals surface area contributed by atoms with Crippen molar-refractivity contribution in [2.45, 2.75) is 6.92 Å². The fourth-order valence-corrected chi connectivity index (χ4v) is 1.70. The van der Waals surface area contributed by atoms with Crippen molar-refractivity contribution < 1.29 is 9.90 Å². The molecule has 0 aliphatic rings. The maximum absolute atomic E-state index is 9.00. The summed E-state index contributed by atoms with van der Waals surface area (Å²) in [4.78, 5) is 9.00. The van der Waals surface area contributed by atoms with Crippen molar-refractivity contribution in [3.05, 3.63) is 46.9 Å². The minimum Gasteiger partial charge on any atom is -0.481 e. The molecular formula is C14H15BrN4O2. The highest BCUT2D eigenvalue weighted by Crippen LogP contribution is 2.27. The maximum atomic E-state index is 9.00. The van der Waals surface area contributed by atoms with Crippen LogP contribution >= 0.6 is 15.9 Å². The standard InChI is InChI=1S/C12H11BrN4.C2H4O2/c13-8-2-1-3-10(6-8)16-17-12-5-4-9(14)7-11(12)15;1-2(3)4/h1-7H,14-15H2;1H3,(H,3,4). The molecule has 0 aliphatic heterocycles. The molecule has 0 aliphatic carbocycles. The SMILES string of the molecule is CC(=O)O.Nc1ccc(N=Nc2cccc(Br)c2)c(N)c1. The molecule has 110 valence electrons. The first kappa shape index (κ1) is 16.6. The number of azo groups is 1. The molecule has 0 atom stereocenters. The predicted octanol–water partition coefficient (Wildman–Crippen LogP) is 4.12. The van der Waals surface area contributed by atoms with E-state index in [0.717, 1.165) is 17.1 Å². The summed E-state index contributed by atoms with van der Waals surface area (Å²) in [6.07, 6.45) is 0. The third-order valence-electron chi connectivity index (χ3n) is 2.13. The van der Waals surface area contributed by atoms with Crippen LogP contribution in [-0.2, 0) is 4.79 Å². The number of benzene rings is 2. The van der Waals surface area contributed by atoms with E-state index in [1.165, 1.54) is 0 Å². The van der Waals surface area contributed by atoms with Crippen molar-refractivity contribution in [2.75, 3.05) is 11.5 Å². The predicted molar refractivity (Wildman–Crippen MR) is 86.9 cm³/mol. The number of hydrogen-bond acceptors (Lipinski definition) is 5. The van der Waals surface area contributed by atoms with Crippen LogP contribution < -0.4 is 11.5 Å². The average molecular weight is 351 g/mol. The number of carbonyl (C=O) groups is 1. The second-order valence-electron chi connectivity index (χ2n) is 4.02. The fourth-order valence-electron chi connectivity index (χ4n) is 1.31. The van der Waals surface area contributed by atoms with Crippen LogP contribution in [-0.4, -0.2) is 11.1 Å². The molecule has 2 aromatic rings. The Kier molecular flexibility index (Phi) is 6.35. The zero-order valence-corrected chi connectivity index (χ0v) is 12.9. The highest BCUT2D eigenvalue weighted by Gasteiger charge is 1.97. The van der Waals surface area contributed by atoms with Crippen LogP contribution in [0.1, 0.15) is 6.92 Å². The highest BCUT2D eigenvalue weighted by atomic mass is 79.9. The maximum Gasteiger partial charge on any atom is 0.300 e. The van der Waals surface area contributed by atoms with Crippen molar-refractivity contribution in [2.24, 2.45) is 10.2 Å². The topological polar surface area (TPSA) is 114 Å². The lowest BCUT2D eigenvalue weighted by atomic mass is 10.2. The number of carboxylic acid groups (broad SMARTS) is 1. The van der Waals surface area contributed by atoms with Crippen LogP contribution in [0, 0.1) is 0 Å². The Hall–Kier alpha value is -2.41.